The van der Waals surface area contributed by atoms with Crippen LogP contribution in [0.3, 0.4) is 0 Å². The van der Waals surface area contributed by atoms with Crippen molar-refractivity contribution < 1.29 is 28.8 Å². The van der Waals surface area contributed by atoms with Crippen LogP contribution in [0, 0.1) is 0 Å². The smallest absolute Gasteiger partial charge is 0.466 e. The molecule has 3 N–H and O–H groups in total. The Bertz CT molecular complexity index is 155. The zero-order valence-corrected chi connectivity index (χ0v) is 6.53. The number of phosphoric acid groups is 1. The van der Waals surface area contributed by atoms with Gasteiger partial charge in [-0.15, -0.1) is 0 Å². The lowest BCUT2D eigenvalue weighted by Gasteiger charge is -1.82. The largest absolute Gasteiger partial charge is 0.466 e. The van der Waals surface area contributed by atoms with E-state index in [4.69, 9.17) is 19.2 Å². The standard InChI is InChI=1S/C4H6O2.H3O4P/c5-4-2-1-3-6-4;1-5(2,3)4/h1-3H2;(H3,1,2,3,4). The Morgan fingerprint density at radius 3 is 1.91 bits per heavy atom. The zero-order chi connectivity index (χ0) is 8.91. The second-order valence-electron chi connectivity index (χ2n) is 1.84. The molecule has 1 saturated heterocycles. The van der Waals surface area contributed by atoms with Crippen molar-refractivity contribution in [1.29, 1.82) is 0 Å². The Labute approximate surface area is 63.0 Å². The van der Waals surface area contributed by atoms with Gasteiger partial charge >= 0.3 is 13.8 Å². The minimum absolute atomic E-state index is 0.0463. The maximum absolute atomic E-state index is 10.0. The number of cyclic esters (lactones) is 1. The molecule has 0 atom stereocenters. The number of carbonyl (C=O) groups is 1. The van der Waals surface area contributed by atoms with Gasteiger partial charge in [0.25, 0.3) is 0 Å². The Morgan fingerprint density at radius 2 is 1.82 bits per heavy atom. The molecule has 1 fully saturated rings. The minimum Gasteiger partial charge on any atom is -0.466 e. The number of carbonyl (C=O) groups excluding carboxylic acids is 1. The average molecular weight is 184 g/mol. The summed E-state index contributed by atoms with van der Waals surface area (Å²) in [6.07, 6.45) is 1.54. The highest BCUT2D eigenvalue weighted by molar-refractivity contribution is 7.45. The Balaban J connectivity index is 0.000000187. The monoisotopic (exact) mass is 184 g/mol. The van der Waals surface area contributed by atoms with E-state index in [-0.39, 0.29) is 5.97 Å². The first-order chi connectivity index (χ1) is 4.89. The lowest BCUT2D eigenvalue weighted by atomic mass is 10.4. The molecule has 0 bridgehead atoms. The van der Waals surface area contributed by atoms with E-state index in [2.05, 4.69) is 4.74 Å². The van der Waals surface area contributed by atoms with Crippen molar-refractivity contribution in [3.05, 3.63) is 0 Å². The van der Waals surface area contributed by atoms with Gasteiger partial charge in [-0.3, -0.25) is 4.79 Å². The summed E-state index contributed by atoms with van der Waals surface area (Å²) in [5.74, 6) is -0.0463. The van der Waals surface area contributed by atoms with Gasteiger partial charge in [-0.2, -0.15) is 0 Å². The number of hydrogen-bond donors (Lipinski definition) is 3. The quantitative estimate of drug-likeness (QED) is 0.343. The van der Waals surface area contributed by atoms with Gasteiger partial charge in [-0.05, 0) is 6.42 Å². The molecular weight excluding hydrogens is 175 g/mol. The lowest BCUT2D eigenvalue weighted by molar-refractivity contribution is -0.137. The van der Waals surface area contributed by atoms with Gasteiger partial charge < -0.3 is 19.4 Å². The summed E-state index contributed by atoms with van der Waals surface area (Å²) in [5.41, 5.74) is 0. The second kappa shape index (κ2) is 4.46. The van der Waals surface area contributed by atoms with E-state index in [9.17, 15) is 4.79 Å². The molecule has 0 amide bonds. The summed E-state index contributed by atoms with van der Waals surface area (Å²) in [4.78, 5) is 31.6. The number of hydrogen-bond acceptors (Lipinski definition) is 3. The third-order valence-corrected chi connectivity index (χ3v) is 0.788. The van der Waals surface area contributed by atoms with Crippen LogP contribution in [0.15, 0.2) is 0 Å². The fourth-order valence-corrected chi connectivity index (χ4v) is 0.475. The molecular formula is C4H9O6P. The van der Waals surface area contributed by atoms with Crippen LogP contribution in [0.5, 0.6) is 0 Å². The molecule has 1 rings (SSSR count). The van der Waals surface area contributed by atoms with Crippen molar-refractivity contribution in [3.63, 3.8) is 0 Å². The van der Waals surface area contributed by atoms with E-state index in [1.54, 1.807) is 0 Å². The lowest BCUT2D eigenvalue weighted by Crippen LogP contribution is -1.88. The summed E-state index contributed by atoms with van der Waals surface area (Å²) in [6, 6.07) is 0. The van der Waals surface area contributed by atoms with E-state index in [0.29, 0.717) is 13.0 Å². The Morgan fingerprint density at radius 1 is 1.36 bits per heavy atom. The average Bonchev–Trinajstić information content (AvgIpc) is 2.12. The van der Waals surface area contributed by atoms with E-state index in [1.807, 2.05) is 0 Å². The van der Waals surface area contributed by atoms with E-state index >= 15 is 0 Å². The van der Waals surface area contributed by atoms with Gasteiger partial charge in [-0.1, -0.05) is 0 Å². The molecule has 0 radical (unpaired) electrons. The Kier molecular flexibility index (Phi) is 4.29. The van der Waals surface area contributed by atoms with Crippen LogP contribution < -0.4 is 0 Å². The number of rotatable bonds is 0. The van der Waals surface area contributed by atoms with E-state index in [0.717, 1.165) is 6.42 Å². The van der Waals surface area contributed by atoms with Gasteiger partial charge in [0.05, 0.1) is 6.61 Å². The van der Waals surface area contributed by atoms with Crippen LogP contribution in [0.1, 0.15) is 12.8 Å². The van der Waals surface area contributed by atoms with E-state index in [1.165, 1.54) is 0 Å². The first-order valence-corrected chi connectivity index (χ1v) is 4.40. The van der Waals surface area contributed by atoms with Gasteiger partial charge in [0.2, 0.25) is 0 Å². The second-order valence-corrected chi connectivity index (χ2v) is 2.86. The molecule has 0 aromatic heterocycles. The zero-order valence-electron chi connectivity index (χ0n) is 5.63. The number of esters is 1. The molecule has 0 aromatic carbocycles. The Hall–Kier alpha value is -0.420. The molecule has 1 aliphatic heterocycles. The summed E-state index contributed by atoms with van der Waals surface area (Å²) < 4.78 is 13.4. The normalized spacial score (nSPS) is 16.8. The fourth-order valence-electron chi connectivity index (χ4n) is 0.475. The van der Waals surface area contributed by atoms with Crippen molar-refractivity contribution >= 4 is 13.8 Å². The third kappa shape index (κ3) is 12.7. The number of ether oxygens (including phenoxy) is 1. The highest BCUT2D eigenvalue weighted by Crippen LogP contribution is 2.25. The van der Waals surface area contributed by atoms with Crippen molar-refractivity contribution in [1.82, 2.24) is 0 Å². The fraction of sp³-hybridized carbons (Fsp3) is 0.750. The maximum Gasteiger partial charge on any atom is 0.466 e. The molecule has 0 spiro atoms. The van der Waals surface area contributed by atoms with E-state index < -0.39 is 7.82 Å². The first-order valence-electron chi connectivity index (χ1n) is 2.83. The molecule has 1 aliphatic rings. The van der Waals surface area contributed by atoms with Crippen molar-refractivity contribution in [3.8, 4) is 0 Å². The molecule has 1 heterocycles. The predicted octanol–water partition coefficient (Wildman–Crippen LogP) is -0.605. The van der Waals surface area contributed by atoms with Crippen LogP contribution in [0.25, 0.3) is 0 Å². The predicted molar refractivity (Wildman–Crippen MR) is 34.5 cm³/mol. The minimum atomic E-state index is -4.64. The molecule has 0 unspecified atom stereocenters. The first kappa shape index (κ1) is 10.6. The van der Waals surface area contributed by atoms with Gasteiger partial charge in [0.1, 0.15) is 0 Å². The summed E-state index contributed by atoms with van der Waals surface area (Å²) in [6.45, 7) is 0.638. The van der Waals surface area contributed by atoms with Crippen molar-refractivity contribution in [2.24, 2.45) is 0 Å². The highest BCUT2D eigenvalue weighted by Gasteiger charge is 2.08. The van der Waals surface area contributed by atoms with Crippen LogP contribution in [-0.4, -0.2) is 27.3 Å². The topological polar surface area (TPSA) is 104 Å². The summed E-state index contributed by atoms with van der Waals surface area (Å²) >= 11 is 0. The molecule has 0 aliphatic carbocycles. The van der Waals surface area contributed by atoms with Gasteiger partial charge in [0, 0.05) is 6.42 Å². The molecule has 6 nitrogen and oxygen atoms in total. The van der Waals surface area contributed by atoms with Crippen LogP contribution in [-0.2, 0) is 14.1 Å². The molecule has 11 heavy (non-hydrogen) atoms. The SMILES string of the molecule is O=C1CCCO1.O=P(O)(O)O. The molecule has 0 saturated carbocycles. The maximum atomic E-state index is 10.0. The highest BCUT2D eigenvalue weighted by atomic mass is 31.2. The summed E-state index contributed by atoms with van der Waals surface area (Å²) in [7, 11) is -4.64. The molecule has 7 heteroatoms. The third-order valence-electron chi connectivity index (χ3n) is 0.788. The molecule has 0 aromatic rings. The van der Waals surface area contributed by atoms with Crippen molar-refractivity contribution in [2.45, 2.75) is 12.8 Å². The molecule has 66 valence electrons. The van der Waals surface area contributed by atoms with Crippen LogP contribution >= 0.6 is 7.82 Å². The van der Waals surface area contributed by atoms with Crippen LogP contribution in [0.2, 0.25) is 0 Å². The van der Waals surface area contributed by atoms with Gasteiger partial charge in [-0.25, -0.2) is 4.57 Å². The summed E-state index contributed by atoms with van der Waals surface area (Å²) in [5, 5.41) is 0. The van der Waals surface area contributed by atoms with Crippen molar-refractivity contribution in [2.75, 3.05) is 6.61 Å². The van der Waals surface area contributed by atoms with Crippen LogP contribution in [0.4, 0.5) is 0 Å². The van der Waals surface area contributed by atoms with Gasteiger partial charge in [0.15, 0.2) is 0 Å².